The SMILES string of the molecule is CCC(C)(CO)CNC(C)Cc1ccco1. The van der Waals surface area contributed by atoms with Crippen LogP contribution in [0.15, 0.2) is 22.8 Å². The lowest BCUT2D eigenvalue weighted by atomic mass is 9.88. The summed E-state index contributed by atoms with van der Waals surface area (Å²) in [5.41, 5.74) is -0.0164. The van der Waals surface area contributed by atoms with Crippen LogP contribution in [0.2, 0.25) is 0 Å². The molecule has 0 spiro atoms. The predicted octanol–water partition coefficient (Wildman–Crippen LogP) is 2.21. The topological polar surface area (TPSA) is 45.4 Å². The van der Waals surface area contributed by atoms with E-state index in [2.05, 4.69) is 26.1 Å². The summed E-state index contributed by atoms with van der Waals surface area (Å²) < 4.78 is 5.30. The standard InChI is InChI=1S/C13H23NO2/c1-4-13(3,10-15)9-14-11(2)8-12-6-5-7-16-12/h5-7,11,14-15H,4,8-10H2,1-3H3. The van der Waals surface area contributed by atoms with Gasteiger partial charge in [0.2, 0.25) is 0 Å². The smallest absolute Gasteiger partial charge is 0.105 e. The minimum atomic E-state index is -0.0164. The van der Waals surface area contributed by atoms with Crippen molar-refractivity contribution in [2.45, 2.75) is 39.7 Å². The lowest BCUT2D eigenvalue weighted by molar-refractivity contribution is 0.132. The molecule has 1 aromatic heterocycles. The molecule has 0 saturated heterocycles. The van der Waals surface area contributed by atoms with Gasteiger partial charge in [0.05, 0.1) is 6.26 Å². The molecule has 0 aliphatic carbocycles. The van der Waals surface area contributed by atoms with Gasteiger partial charge in [-0.15, -0.1) is 0 Å². The van der Waals surface area contributed by atoms with Gasteiger partial charge in [0.1, 0.15) is 5.76 Å². The van der Waals surface area contributed by atoms with E-state index in [1.165, 1.54) is 0 Å². The van der Waals surface area contributed by atoms with Crippen molar-refractivity contribution < 1.29 is 9.52 Å². The van der Waals surface area contributed by atoms with Gasteiger partial charge in [-0.1, -0.05) is 13.8 Å². The first kappa shape index (κ1) is 13.3. The van der Waals surface area contributed by atoms with Crippen LogP contribution in [-0.2, 0) is 6.42 Å². The molecule has 0 aromatic carbocycles. The Bertz CT molecular complexity index is 278. The normalized spacial score (nSPS) is 17.0. The Morgan fingerprint density at radius 1 is 1.56 bits per heavy atom. The van der Waals surface area contributed by atoms with E-state index in [9.17, 15) is 5.11 Å². The van der Waals surface area contributed by atoms with Crippen LogP contribution in [0, 0.1) is 5.41 Å². The molecule has 0 fully saturated rings. The van der Waals surface area contributed by atoms with Crippen molar-refractivity contribution in [3.8, 4) is 0 Å². The van der Waals surface area contributed by atoms with Gasteiger partial charge in [-0.25, -0.2) is 0 Å². The predicted molar refractivity (Wildman–Crippen MR) is 65.4 cm³/mol. The number of furan rings is 1. The molecule has 0 aliphatic rings. The fourth-order valence-electron chi connectivity index (χ4n) is 1.52. The summed E-state index contributed by atoms with van der Waals surface area (Å²) in [6.07, 6.45) is 3.56. The third kappa shape index (κ3) is 3.99. The Morgan fingerprint density at radius 3 is 2.81 bits per heavy atom. The molecular weight excluding hydrogens is 202 g/mol. The maximum absolute atomic E-state index is 9.30. The maximum atomic E-state index is 9.30. The van der Waals surface area contributed by atoms with Crippen molar-refractivity contribution in [3.63, 3.8) is 0 Å². The second-order valence-electron chi connectivity index (χ2n) is 4.89. The molecule has 92 valence electrons. The third-order valence-electron chi connectivity index (χ3n) is 3.20. The first-order valence-corrected chi connectivity index (χ1v) is 5.96. The maximum Gasteiger partial charge on any atom is 0.105 e. The minimum Gasteiger partial charge on any atom is -0.469 e. The summed E-state index contributed by atoms with van der Waals surface area (Å²) in [6, 6.07) is 4.26. The van der Waals surface area contributed by atoms with Gasteiger partial charge in [0.15, 0.2) is 0 Å². The highest BCUT2D eigenvalue weighted by Crippen LogP contribution is 2.18. The van der Waals surface area contributed by atoms with Gasteiger partial charge >= 0.3 is 0 Å². The van der Waals surface area contributed by atoms with Gasteiger partial charge in [-0.3, -0.25) is 0 Å². The van der Waals surface area contributed by atoms with E-state index in [0.29, 0.717) is 6.04 Å². The molecule has 0 radical (unpaired) electrons. The summed E-state index contributed by atoms with van der Waals surface area (Å²) in [4.78, 5) is 0. The highest BCUT2D eigenvalue weighted by molar-refractivity contribution is 5.00. The Kier molecular flexibility index (Phi) is 5.03. The van der Waals surface area contributed by atoms with Gasteiger partial charge in [-0.2, -0.15) is 0 Å². The number of aliphatic hydroxyl groups excluding tert-OH is 1. The van der Waals surface area contributed by atoms with E-state index >= 15 is 0 Å². The van der Waals surface area contributed by atoms with Crippen LogP contribution in [-0.4, -0.2) is 24.3 Å². The Hall–Kier alpha value is -0.800. The van der Waals surface area contributed by atoms with E-state index in [1.807, 2.05) is 12.1 Å². The fourth-order valence-corrected chi connectivity index (χ4v) is 1.52. The average Bonchev–Trinajstić information content (AvgIpc) is 2.79. The molecule has 0 bridgehead atoms. The van der Waals surface area contributed by atoms with Crippen molar-refractivity contribution in [1.29, 1.82) is 0 Å². The summed E-state index contributed by atoms with van der Waals surface area (Å²) >= 11 is 0. The molecule has 2 unspecified atom stereocenters. The van der Waals surface area contributed by atoms with E-state index in [1.54, 1.807) is 6.26 Å². The second-order valence-corrected chi connectivity index (χ2v) is 4.89. The monoisotopic (exact) mass is 225 g/mol. The molecule has 2 N–H and O–H groups in total. The molecule has 0 saturated carbocycles. The molecule has 1 rings (SSSR count). The molecular formula is C13H23NO2. The van der Waals surface area contributed by atoms with Crippen LogP contribution in [0.25, 0.3) is 0 Å². The van der Waals surface area contributed by atoms with Crippen LogP contribution in [0.3, 0.4) is 0 Å². The molecule has 2 atom stereocenters. The van der Waals surface area contributed by atoms with E-state index in [4.69, 9.17) is 4.42 Å². The number of hydrogen-bond donors (Lipinski definition) is 2. The molecule has 16 heavy (non-hydrogen) atoms. The van der Waals surface area contributed by atoms with Gasteiger partial charge in [0, 0.05) is 31.0 Å². The Labute approximate surface area is 97.9 Å². The van der Waals surface area contributed by atoms with Crippen molar-refractivity contribution in [2.75, 3.05) is 13.2 Å². The second kappa shape index (κ2) is 6.06. The third-order valence-corrected chi connectivity index (χ3v) is 3.20. The van der Waals surface area contributed by atoms with E-state index in [-0.39, 0.29) is 12.0 Å². The Morgan fingerprint density at radius 2 is 2.31 bits per heavy atom. The van der Waals surface area contributed by atoms with Crippen LogP contribution in [0.1, 0.15) is 33.0 Å². The molecule has 1 aromatic rings. The number of hydrogen-bond acceptors (Lipinski definition) is 3. The van der Waals surface area contributed by atoms with E-state index < -0.39 is 0 Å². The molecule has 1 heterocycles. The fraction of sp³-hybridized carbons (Fsp3) is 0.692. The largest absolute Gasteiger partial charge is 0.469 e. The highest BCUT2D eigenvalue weighted by atomic mass is 16.3. The first-order valence-electron chi connectivity index (χ1n) is 5.96. The van der Waals surface area contributed by atoms with Crippen molar-refractivity contribution >= 4 is 0 Å². The lowest BCUT2D eigenvalue weighted by Crippen LogP contribution is -2.39. The van der Waals surface area contributed by atoms with E-state index in [0.717, 1.165) is 25.1 Å². The summed E-state index contributed by atoms with van der Waals surface area (Å²) in [5.74, 6) is 1.00. The lowest BCUT2D eigenvalue weighted by Gasteiger charge is -2.27. The van der Waals surface area contributed by atoms with Gasteiger partial charge in [0.25, 0.3) is 0 Å². The zero-order valence-corrected chi connectivity index (χ0v) is 10.5. The quantitative estimate of drug-likeness (QED) is 0.748. The highest BCUT2D eigenvalue weighted by Gasteiger charge is 2.21. The number of rotatable bonds is 7. The molecule has 3 heteroatoms. The van der Waals surface area contributed by atoms with Crippen molar-refractivity contribution in [3.05, 3.63) is 24.2 Å². The zero-order valence-electron chi connectivity index (χ0n) is 10.5. The zero-order chi connectivity index (χ0) is 12.0. The van der Waals surface area contributed by atoms with Crippen LogP contribution in [0.5, 0.6) is 0 Å². The summed E-state index contributed by atoms with van der Waals surface area (Å²) in [5, 5.41) is 12.7. The average molecular weight is 225 g/mol. The van der Waals surface area contributed by atoms with Crippen LogP contribution in [0.4, 0.5) is 0 Å². The van der Waals surface area contributed by atoms with Crippen molar-refractivity contribution in [1.82, 2.24) is 5.32 Å². The van der Waals surface area contributed by atoms with Gasteiger partial charge < -0.3 is 14.8 Å². The number of nitrogens with one attached hydrogen (secondary N) is 1. The molecule has 0 amide bonds. The summed E-state index contributed by atoms with van der Waals surface area (Å²) in [7, 11) is 0. The minimum absolute atomic E-state index is 0.0164. The van der Waals surface area contributed by atoms with Crippen LogP contribution < -0.4 is 5.32 Å². The first-order chi connectivity index (χ1) is 7.59. The van der Waals surface area contributed by atoms with Gasteiger partial charge in [-0.05, 0) is 25.5 Å². The molecule has 0 aliphatic heterocycles. The molecule has 3 nitrogen and oxygen atoms in total. The number of aliphatic hydroxyl groups is 1. The Balaban J connectivity index is 2.32. The van der Waals surface area contributed by atoms with Crippen LogP contribution >= 0.6 is 0 Å². The van der Waals surface area contributed by atoms with Crippen molar-refractivity contribution in [2.24, 2.45) is 5.41 Å². The summed E-state index contributed by atoms with van der Waals surface area (Å²) in [6.45, 7) is 7.40.